The van der Waals surface area contributed by atoms with Crippen LogP contribution >= 0.6 is 15.9 Å². The van der Waals surface area contributed by atoms with Gasteiger partial charge in [-0.15, -0.1) is 0 Å². The van der Waals surface area contributed by atoms with Crippen LogP contribution in [0.4, 0.5) is 11.5 Å². The number of ether oxygens (including phenoxy) is 1. The van der Waals surface area contributed by atoms with E-state index < -0.39 is 16.6 Å². The maximum absolute atomic E-state index is 11.5. The van der Waals surface area contributed by atoms with Crippen molar-refractivity contribution in [3.63, 3.8) is 0 Å². The van der Waals surface area contributed by atoms with Gasteiger partial charge in [-0.25, -0.2) is 9.78 Å². The number of halogens is 1. The van der Waals surface area contributed by atoms with E-state index in [-0.39, 0.29) is 22.5 Å². The third kappa shape index (κ3) is 2.27. The SMILES string of the molecule is CCOC(=O)c1c(Br)cnc(N)c1[N+](=O)[O-]. The number of nitrogens with zero attached hydrogens (tertiary/aromatic N) is 2. The molecule has 16 heavy (non-hydrogen) atoms. The molecule has 0 radical (unpaired) electrons. The van der Waals surface area contributed by atoms with E-state index in [2.05, 4.69) is 20.9 Å². The Hall–Kier alpha value is -1.70. The number of esters is 1. The number of nitro groups is 1. The van der Waals surface area contributed by atoms with E-state index in [1.807, 2.05) is 0 Å². The molecular formula is C8H8BrN3O4. The Morgan fingerprint density at radius 3 is 2.88 bits per heavy atom. The summed E-state index contributed by atoms with van der Waals surface area (Å²) in [5.41, 5.74) is 4.57. The number of aromatic nitrogens is 1. The average molecular weight is 290 g/mol. The van der Waals surface area contributed by atoms with Crippen LogP contribution in [0.15, 0.2) is 10.7 Å². The Kier molecular flexibility index (Phi) is 3.78. The Balaban J connectivity index is 3.40. The number of anilines is 1. The lowest BCUT2D eigenvalue weighted by atomic mass is 10.2. The molecule has 1 aromatic heterocycles. The molecule has 0 atom stereocenters. The maximum Gasteiger partial charge on any atom is 0.346 e. The fourth-order valence-electron chi connectivity index (χ4n) is 1.08. The molecule has 0 aliphatic heterocycles. The highest BCUT2D eigenvalue weighted by Gasteiger charge is 2.28. The minimum Gasteiger partial charge on any atom is -0.462 e. The van der Waals surface area contributed by atoms with Crippen molar-refractivity contribution < 1.29 is 14.5 Å². The molecule has 86 valence electrons. The van der Waals surface area contributed by atoms with Crippen molar-refractivity contribution in [2.24, 2.45) is 0 Å². The molecule has 0 bridgehead atoms. The summed E-state index contributed by atoms with van der Waals surface area (Å²) >= 11 is 3.00. The lowest BCUT2D eigenvalue weighted by molar-refractivity contribution is -0.384. The van der Waals surface area contributed by atoms with Gasteiger partial charge in [-0.1, -0.05) is 0 Å². The zero-order chi connectivity index (χ0) is 12.3. The average Bonchev–Trinajstić information content (AvgIpc) is 2.20. The molecule has 1 aromatic rings. The van der Waals surface area contributed by atoms with Crippen molar-refractivity contribution in [1.29, 1.82) is 0 Å². The smallest absolute Gasteiger partial charge is 0.346 e. The number of nitrogen functional groups attached to an aromatic ring is 1. The topological polar surface area (TPSA) is 108 Å². The monoisotopic (exact) mass is 289 g/mol. The zero-order valence-electron chi connectivity index (χ0n) is 8.27. The highest BCUT2D eigenvalue weighted by atomic mass is 79.9. The fraction of sp³-hybridized carbons (Fsp3) is 0.250. The van der Waals surface area contributed by atoms with Crippen LogP contribution in [-0.4, -0.2) is 22.5 Å². The van der Waals surface area contributed by atoms with E-state index in [0.717, 1.165) is 0 Å². The van der Waals surface area contributed by atoms with Gasteiger partial charge in [-0.2, -0.15) is 0 Å². The minimum absolute atomic E-state index is 0.116. The number of rotatable bonds is 3. The van der Waals surface area contributed by atoms with Crippen LogP contribution in [0.2, 0.25) is 0 Å². The second-order valence-electron chi connectivity index (χ2n) is 2.69. The maximum atomic E-state index is 11.5. The molecule has 0 amide bonds. The van der Waals surface area contributed by atoms with E-state index in [4.69, 9.17) is 10.5 Å². The van der Waals surface area contributed by atoms with Crippen LogP contribution < -0.4 is 5.73 Å². The first kappa shape index (κ1) is 12.4. The molecule has 8 heteroatoms. The first-order valence-corrected chi connectivity index (χ1v) is 5.03. The Morgan fingerprint density at radius 2 is 2.38 bits per heavy atom. The van der Waals surface area contributed by atoms with E-state index in [1.165, 1.54) is 6.20 Å². The lowest BCUT2D eigenvalue weighted by Gasteiger charge is -2.05. The second-order valence-corrected chi connectivity index (χ2v) is 3.55. The van der Waals surface area contributed by atoms with E-state index >= 15 is 0 Å². The van der Waals surface area contributed by atoms with Crippen molar-refractivity contribution in [2.45, 2.75) is 6.92 Å². The van der Waals surface area contributed by atoms with Gasteiger partial charge < -0.3 is 10.5 Å². The quantitative estimate of drug-likeness (QED) is 0.513. The van der Waals surface area contributed by atoms with Gasteiger partial charge in [-0.3, -0.25) is 10.1 Å². The van der Waals surface area contributed by atoms with Crippen molar-refractivity contribution >= 4 is 33.4 Å². The Morgan fingerprint density at radius 1 is 1.75 bits per heavy atom. The van der Waals surface area contributed by atoms with Crippen LogP contribution in [0.5, 0.6) is 0 Å². The van der Waals surface area contributed by atoms with Gasteiger partial charge in [-0.05, 0) is 22.9 Å². The van der Waals surface area contributed by atoms with Crippen molar-refractivity contribution in [3.8, 4) is 0 Å². The number of nitrogens with two attached hydrogens (primary N) is 1. The summed E-state index contributed by atoms with van der Waals surface area (Å²) < 4.78 is 4.87. The number of pyridine rings is 1. The number of hydrogen-bond acceptors (Lipinski definition) is 6. The van der Waals surface area contributed by atoms with Crippen LogP contribution in [0.25, 0.3) is 0 Å². The highest BCUT2D eigenvalue weighted by molar-refractivity contribution is 9.10. The number of hydrogen-bond donors (Lipinski definition) is 1. The summed E-state index contributed by atoms with van der Waals surface area (Å²) in [5, 5.41) is 10.8. The molecule has 0 aliphatic rings. The number of carbonyl (C=O) groups is 1. The largest absolute Gasteiger partial charge is 0.462 e. The van der Waals surface area contributed by atoms with Crippen LogP contribution in [0, 0.1) is 10.1 Å². The van der Waals surface area contributed by atoms with Gasteiger partial charge in [0.05, 0.1) is 16.0 Å². The van der Waals surface area contributed by atoms with Gasteiger partial charge >= 0.3 is 11.7 Å². The third-order valence-electron chi connectivity index (χ3n) is 1.70. The molecule has 0 saturated heterocycles. The molecule has 0 aromatic carbocycles. The van der Waals surface area contributed by atoms with Gasteiger partial charge in [0.15, 0.2) is 5.56 Å². The lowest BCUT2D eigenvalue weighted by Crippen LogP contribution is -2.11. The van der Waals surface area contributed by atoms with Crippen molar-refractivity contribution in [3.05, 3.63) is 26.3 Å². The van der Waals surface area contributed by atoms with E-state index in [1.54, 1.807) is 6.92 Å². The molecule has 0 aliphatic carbocycles. The predicted octanol–water partition coefficient (Wildman–Crippen LogP) is 1.51. The zero-order valence-corrected chi connectivity index (χ0v) is 9.85. The Bertz CT molecular complexity index is 449. The molecule has 0 saturated carbocycles. The van der Waals surface area contributed by atoms with Crippen LogP contribution in [0.3, 0.4) is 0 Å². The molecule has 7 nitrogen and oxygen atoms in total. The summed E-state index contributed by atoms with van der Waals surface area (Å²) in [6.45, 7) is 1.72. The molecule has 1 heterocycles. The highest BCUT2D eigenvalue weighted by Crippen LogP contribution is 2.30. The third-order valence-corrected chi connectivity index (χ3v) is 2.30. The summed E-state index contributed by atoms with van der Waals surface area (Å²) in [6.07, 6.45) is 1.22. The van der Waals surface area contributed by atoms with Gasteiger partial charge in [0.25, 0.3) is 0 Å². The fourth-order valence-corrected chi connectivity index (χ4v) is 1.53. The van der Waals surface area contributed by atoms with E-state index in [0.29, 0.717) is 0 Å². The molecule has 0 unspecified atom stereocenters. The molecule has 0 spiro atoms. The summed E-state index contributed by atoms with van der Waals surface area (Å²) in [6, 6.07) is 0. The summed E-state index contributed by atoms with van der Waals surface area (Å²) in [4.78, 5) is 25.1. The second kappa shape index (κ2) is 4.88. The van der Waals surface area contributed by atoms with E-state index in [9.17, 15) is 14.9 Å². The summed E-state index contributed by atoms with van der Waals surface area (Å²) in [7, 11) is 0. The Labute approximate surface area is 98.9 Å². The number of carbonyl (C=O) groups excluding carboxylic acids is 1. The van der Waals surface area contributed by atoms with Crippen molar-refractivity contribution in [2.75, 3.05) is 12.3 Å². The minimum atomic E-state index is -0.810. The summed E-state index contributed by atoms with van der Waals surface area (Å²) in [5.74, 6) is -1.13. The van der Waals surface area contributed by atoms with Gasteiger partial charge in [0, 0.05) is 6.20 Å². The van der Waals surface area contributed by atoms with Gasteiger partial charge in [0.1, 0.15) is 0 Å². The molecule has 1 rings (SSSR count). The normalized spacial score (nSPS) is 9.88. The molecular weight excluding hydrogens is 282 g/mol. The van der Waals surface area contributed by atoms with Crippen LogP contribution in [0.1, 0.15) is 17.3 Å². The van der Waals surface area contributed by atoms with Crippen LogP contribution in [-0.2, 0) is 4.74 Å². The molecule has 0 fully saturated rings. The van der Waals surface area contributed by atoms with Gasteiger partial charge in [0.2, 0.25) is 5.82 Å². The molecule has 2 N–H and O–H groups in total. The first-order chi connectivity index (χ1) is 7.49. The first-order valence-electron chi connectivity index (χ1n) is 4.24. The standard InChI is InChI=1S/C8H8BrN3O4/c1-2-16-8(13)5-4(9)3-11-7(10)6(5)12(14)15/h3H,2H2,1H3,(H2,10,11). The van der Waals surface area contributed by atoms with Crippen molar-refractivity contribution in [1.82, 2.24) is 4.98 Å². The predicted molar refractivity (Wildman–Crippen MR) is 59.0 cm³/mol.